The fourth-order valence-corrected chi connectivity index (χ4v) is 2.82. The SMILES string of the molecule is OCCc1nc(C2CCSCC2)co1. The molecule has 0 radical (unpaired) electrons. The third-order valence-electron chi connectivity index (χ3n) is 2.53. The molecule has 1 aromatic rings. The van der Waals surface area contributed by atoms with Gasteiger partial charge >= 0.3 is 0 Å². The van der Waals surface area contributed by atoms with Gasteiger partial charge in [0.15, 0.2) is 5.89 Å². The summed E-state index contributed by atoms with van der Waals surface area (Å²) >= 11 is 2.01. The zero-order valence-electron chi connectivity index (χ0n) is 8.11. The quantitative estimate of drug-likeness (QED) is 0.832. The molecule has 4 heteroatoms. The number of hydrogen-bond donors (Lipinski definition) is 1. The van der Waals surface area contributed by atoms with Crippen LogP contribution in [0.1, 0.15) is 30.3 Å². The maximum absolute atomic E-state index is 8.74. The van der Waals surface area contributed by atoms with E-state index in [0.717, 1.165) is 5.69 Å². The molecule has 0 bridgehead atoms. The Morgan fingerprint density at radius 1 is 1.50 bits per heavy atom. The Hall–Kier alpha value is -0.480. The van der Waals surface area contributed by atoms with E-state index in [0.29, 0.717) is 18.2 Å². The molecule has 14 heavy (non-hydrogen) atoms. The Kier molecular flexibility index (Phi) is 3.48. The van der Waals surface area contributed by atoms with Gasteiger partial charge in [-0.15, -0.1) is 0 Å². The standard InChI is InChI=1S/C10H15NO2S/c12-4-1-10-11-9(7-13-10)8-2-5-14-6-3-8/h7-8,12H,1-6H2. The molecule has 1 aliphatic heterocycles. The lowest BCUT2D eigenvalue weighted by molar-refractivity contribution is 0.285. The highest BCUT2D eigenvalue weighted by Gasteiger charge is 2.19. The Morgan fingerprint density at radius 3 is 3.00 bits per heavy atom. The molecule has 1 aromatic heterocycles. The van der Waals surface area contributed by atoms with Crippen molar-refractivity contribution in [2.45, 2.75) is 25.2 Å². The molecule has 0 aromatic carbocycles. The van der Waals surface area contributed by atoms with Gasteiger partial charge in [0.25, 0.3) is 0 Å². The molecule has 78 valence electrons. The van der Waals surface area contributed by atoms with Gasteiger partial charge in [0.2, 0.25) is 0 Å². The molecule has 1 aliphatic rings. The summed E-state index contributed by atoms with van der Waals surface area (Å²) in [4.78, 5) is 4.39. The fourth-order valence-electron chi connectivity index (χ4n) is 1.72. The van der Waals surface area contributed by atoms with Crippen LogP contribution in [0.2, 0.25) is 0 Å². The van der Waals surface area contributed by atoms with E-state index in [9.17, 15) is 0 Å². The Bertz CT molecular complexity index is 281. The number of thioether (sulfide) groups is 1. The van der Waals surface area contributed by atoms with Crippen LogP contribution in [0.4, 0.5) is 0 Å². The molecule has 0 atom stereocenters. The van der Waals surface area contributed by atoms with Gasteiger partial charge in [-0.2, -0.15) is 11.8 Å². The van der Waals surface area contributed by atoms with Gasteiger partial charge in [-0.25, -0.2) is 4.98 Å². The lowest BCUT2D eigenvalue weighted by atomic mass is 10.00. The van der Waals surface area contributed by atoms with Gasteiger partial charge in [-0.1, -0.05) is 0 Å². The van der Waals surface area contributed by atoms with E-state index < -0.39 is 0 Å². The second-order valence-electron chi connectivity index (χ2n) is 3.53. The van der Waals surface area contributed by atoms with Crippen LogP contribution in [0.25, 0.3) is 0 Å². The summed E-state index contributed by atoms with van der Waals surface area (Å²) in [7, 11) is 0. The molecule has 3 nitrogen and oxygen atoms in total. The highest BCUT2D eigenvalue weighted by Crippen LogP contribution is 2.30. The first kappa shape index (κ1) is 10.1. The number of nitrogens with zero attached hydrogens (tertiary/aromatic N) is 1. The third kappa shape index (κ3) is 2.30. The van der Waals surface area contributed by atoms with Gasteiger partial charge in [0.05, 0.1) is 12.3 Å². The van der Waals surface area contributed by atoms with Crippen LogP contribution in [0.5, 0.6) is 0 Å². The monoisotopic (exact) mass is 213 g/mol. The number of aromatic nitrogens is 1. The summed E-state index contributed by atoms with van der Waals surface area (Å²) in [6.45, 7) is 0.112. The number of hydrogen-bond acceptors (Lipinski definition) is 4. The lowest BCUT2D eigenvalue weighted by Crippen LogP contribution is -2.08. The van der Waals surface area contributed by atoms with Crippen molar-refractivity contribution in [1.29, 1.82) is 0 Å². The van der Waals surface area contributed by atoms with Crippen LogP contribution in [-0.2, 0) is 6.42 Å². The van der Waals surface area contributed by atoms with Gasteiger partial charge in [0, 0.05) is 12.3 Å². The smallest absolute Gasteiger partial charge is 0.196 e. The van der Waals surface area contributed by atoms with E-state index in [2.05, 4.69) is 4.98 Å². The molecule has 0 aliphatic carbocycles. The Balaban J connectivity index is 2.00. The van der Waals surface area contributed by atoms with Crippen molar-refractivity contribution in [3.8, 4) is 0 Å². The van der Waals surface area contributed by atoms with Crippen molar-refractivity contribution in [2.24, 2.45) is 0 Å². The van der Waals surface area contributed by atoms with E-state index in [4.69, 9.17) is 9.52 Å². The molecule has 0 unspecified atom stereocenters. The van der Waals surface area contributed by atoms with Gasteiger partial charge < -0.3 is 9.52 Å². The molecular formula is C10H15NO2S. The third-order valence-corrected chi connectivity index (χ3v) is 3.58. The number of rotatable bonds is 3. The van der Waals surface area contributed by atoms with Crippen molar-refractivity contribution in [3.05, 3.63) is 17.8 Å². The number of aliphatic hydroxyl groups is 1. The molecular weight excluding hydrogens is 198 g/mol. The van der Waals surface area contributed by atoms with Crippen molar-refractivity contribution < 1.29 is 9.52 Å². The van der Waals surface area contributed by atoms with Crippen LogP contribution in [0, 0.1) is 0 Å². The maximum atomic E-state index is 8.74. The summed E-state index contributed by atoms with van der Waals surface area (Å²) in [5.74, 6) is 3.70. The van der Waals surface area contributed by atoms with E-state index in [1.807, 2.05) is 11.8 Å². The van der Waals surface area contributed by atoms with Crippen molar-refractivity contribution in [3.63, 3.8) is 0 Å². The first-order valence-corrected chi connectivity index (χ1v) is 6.18. The average molecular weight is 213 g/mol. The summed E-state index contributed by atoms with van der Waals surface area (Å²) in [6, 6.07) is 0. The molecule has 2 rings (SSSR count). The van der Waals surface area contributed by atoms with Crippen LogP contribution in [0.15, 0.2) is 10.7 Å². The predicted molar refractivity (Wildman–Crippen MR) is 56.6 cm³/mol. The van der Waals surface area contributed by atoms with E-state index >= 15 is 0 Å². The summed E-state index contributed by atoms with van der Waals surface area (Å²) in [5.41, 5.74) is 1.08. The Morgan fingerprint density at radius 2 is 2.29 bits per heavy atom. The van der Waals surface area contributed by atoms with E-state index in [1.165, 1.54) is 24.3 Å². The number of aliphatic hydroxyl groups excluding tert-OH is 1. The van der Waals surface area contributed by atoms with Crippen LogP contribution < -0.4 is 0 Å². The topological polar surface area (TPSA) is 46.3 Å². The normalized spacial score (nSPS) is 18.6. The summed E-state index contributed by atoms with van der Waals surface area (Å²) in [6.07, 6.45) is 4.69. The molecule has 0 saturated carbocycles. The largest absolute Gasteiger partial charge is 0.449 e. The van der Waals surface area contributed by atoms with Crippen molar-refractivity contribution in [1.82, 2.24) is 4.98 Å². The molecule has 2 heterocycles. The summed E-state index contributed by atoms with van der Waals surface area (Å²) < 4.78 is 5.28. The van der Waals surface area contributed by atoms with Crippen LogP contribution in [0.3, 0.4) is 0 Å². The number of oxazole rings is 1. The fraction of sp³-hybridized carbons (Fsp3) is 0.700. The second kappa shape index (κ2) is 4.84. The highest BCUT2D eigenvalue weighted by molar-refractivity contribution is 7.99. The Labute approximate surface area is 87.9 Å². The predicted octanol–water partition coefficient (Wildman–Crippen LogP) is 1.82. The second-order valence-corrected chi connectivity index (χ2v) is 4.75. The molecule has 1 fully saturated rings. The van der Waals surface area contributed by atoms with Crippen molar-refractivity contribution >= 4 is 11.8 Å². The zero-order valence-corrected chi connectivity index (χ0v) is 8.92. The lowest BCUT2D eigenvalue weighted by Gasteiger charge is -2.18. The average Bonchev–Trinajstić information content (AvgIpc) is 2.68. The minimum absolute atomic E-state index is 0.112. The van der Waals surface area contributed by atoms with Crippen LogP contribution >= 0.6 is 11.8 Å². The van der Waals surface area contributed by atoms with Crippen molar-refractivity contribution in [2.75, 3.05) is 18.1 Å². The van der Waals surface area contributed by atoms with Gasteiger partial charge in [-0.05, 0) is 24.3 Å². The van der Waals surface area contributed by atoms with E-state index in [1.54, 1.807) is 6.26 Å². The first-order chi connectivity index (χ1) is 6.90. The minimum atomic E-state index is 0.112. The molecule has 1 N–H and O–H groups in total. The van der Waals surface area contributed by atoms with Crippen LogP contribution in [-0.4, -0.2) is 28.2 Å². The zero-order chi connectivity index (χ0) is 9.80. The summed E-state index contributed by atoms with van der Waals surface area (Å²) in [5, 5.41) is 8.74. The maximum Gasteiger partial charge on any atom is 0.196 e. The first-order valence-electron chi connectivity index (χ1n) is 5.03. The molecule has 1 saturated heterocycles. The highest BCUT2D eigenvalue weighted by atomic mass is 32.2. The minimum Gasteiger partial charge on any atom is -0.449 e. The molecule has 0 spiro atoms. The van der Waals surface area contributed by atoms with Gasteiger partial charge in [0.1, 0.15) is 6.26 Å². The van der Waals surface area contributed by atoms with E-state index in [-0.39, 0.29) is 6.61 Å². The molecule has 0 amide bonds. The van der Waals surface area contributed by atoms with Gasteiger partial charge in [-0.3, -0.25) is 0 Å².